The first kappa shape index (κ1) is 9.84. The fourth-order valence-corrected chi connectivity index (χ4v) is 0.761. The molecular formula is C5H7F3OS. The van der Waals surface area contributed by atoms with Crippen molar-refractivity contribution >= 4 is 11.8 Å². The van der Waals surface area contributed by atoms with Crippen molar-refractivity contribution in [1.82, 2.24) is 0 Å². The van der Waals surface area contributed by atoms with Crippen molar-refractivity contribution in [3.8, 4) is 0 Å². The van der Waals surface area contributed by atoms with Crippen LogP contribution in [0.3, 0.4) is 0 Å². The first-order valence-electron chi connectivity index (χ1n) is 2.50. The maximum absolute atomic E-state index is 11.4. The number of aliphatic hydroxyl groups excluding tert-OH is 1. The normalized spacial score (nSPS) is 12.8. The Hall–Kier alpha value is -0.160. The van der Waals surface area contributed by atoms with Gasteiger partial charge in [0, 0.05) is 0 Å². The number of hydrogen-bond acceptors (Lipinski definition) is 2. The first-order valence-corrected chi connectivity index (χ1v) is 3.55. The van der Waals surface area contributed by atoms with Crippen LogP contribution in [0.5, 0.6) is 0 Å². The fourth-order valence-electron chi connectivity index (χ4n) is 0.254. The lowest BCUT2D eigenvalue weighted by Gasteiger charge is -2.00. The summed E-state index contributed by atoms with van der Waals surface area (Å²) >= 11 is 0.619. The van der Waals surface area contributed by atoms with Crippen LogP contribution in [0.2, 0.25) is 0 Å². The summed E-state index contributed by atoms with van der Waals surface area (Å²) in [5.41, 5.74) is 0. The van der Waals surface area contributed by atoms with E-state index in [9.17, 15) is 13.2 Å². The van der Waals surface area contributed by atoms with Crippen LogP contribution >= 0.6 is 11.8 Å². The first-order chi connectivity index (χ1) is 4.56. The van der Waals surface area contributed by atoms with Crippen LogP contribution in [0.4, 0.5) is 13.2 Å². The van der Waals surface area contributed by atoms with Crippen molar-refractivity contribution in [3.05, 3.63) is 11.5 Å². The van der Waals surface area contributed by atoms with Crippen LogP contribution < -0.4 is 0 Å². The Bertz CT molecular complexity index is 110. The molecule has 0 fully saturated rings. The Morgan fingerprint density at radius 3 is 2.40 bits per heavy atom. The van der Waals surface area contributed by atoms with E-state index in [1.54, 1.807) is 0 Å². The van der Waals surface area contributed by atoms with Gasteiger partial charge in [-0.3, -0.25) is 0 Å². The minimum atomic E-state index is -4.12. The summed E-state index contributed by atoms with van der Waals surface area (Å²) in [6.07, 6.45) is -2.86. The van der Waals surface area contributed by atoms with Crippen molar-refractivity contribution in [2.24, 2.45) is 0 Å². The predicted octanol–water partition coefficient (Wildman–Crippen LogP) is 1.79. The van der Waals surface area contributed by atoms with Crippen LogP contribution in [0.15, 0.2) is 11.5 Å². The topological polar surface area (TPSA) is 20.2 Å². The molecule has 0 saturated carbocycles. The van der Waals surface area contributed by atoms with E-state index in [-0.39, 0.29) is 6.61 Å². The molecule has 0 atom stereocenters. The lowest BCUT2D eigenvalue weighted by Crippen LogP contribution is -2.09. The molecule has 0 aliphatic heterocycles. The van der Waals surface area contributed by atoms with E-state index in [4.69, 9.17) is 5.11 Å². The average molecular weight is 172 g/mol. The highest BCUT2D eigenvalue weighted by Crippen LogP contribution is 2.21. The van der Waals surface area contributed by atoms with Gasteiger partial charge in [-0.1, -0.05) is 6.08 Å². The van der Waals surface area contributed by atoms with Crippen LogP contribution in [0.25, 0.3) is 0 Å². The molecule has 0 aliphatic rings. The van der Waals surface area contributed by atoms with Crippen LogP contribution in [0, 0.1) is 0 Å². The van der Waals surface area contributed by atoms with Crippen LogP contribution in [-0.4, -0.2) is 23.6 Å². The number of aliphatic hydroxyl groups is 1. The van der Waals surface area contributed by atoms with Gasteiger partial charge in [-0.05, 0) is 5.41 Å². The van der Waals surface area contributed by atoms with Gasteiger partial charge in [0.2, 0.25) is 0 Å². The summed E-state index contributed by atoms with van der Waals surface area (Å²) in [6, 6.07) is 0. The molecule has 5 heteroatoms. The third-order valence-corrected chi connectivity index (χ3v) is 1.42. The summed E-state index contributed by atoms with van der Waals surface area (Å²) in [5, 5.41) is 9.34. The van der Waals surface area contributed by atoms with E-state index in [0.717, 1.165) is 0 Å². The Morgan fingerprint density at radius 1 is 1.40 bits per heavy atom. The smallest absolute Gasteiger partial charge is 0.392 e. The minimum absolute atomic E-state index is 0.217. The molecule has 10 heavy (non-hydrogen) atoms. The molecule has 60 valence electrons. The van der Waals surface area contributed by atoms with Gasteiger partial charge >= 0.3 is 6.18 Å². The molecule has 0 aliphatic carbocycles. The van der Waals surface area contributed by atoms with Crippen LogP contribution in [0.1, 0.15) is 0 Å². The van der Waals surface area contributed by atoms with Gasteiger partial charge in [-0.2, -0.15) is 13.2 Å². The lowest BCUT2D eigenvalue weighted by atomic mass is 10.7. The van der Waals surface area contributed by atoms with Crippen molar-refractivity contribution in [2.45, 2.75) is 6.18 Å². The largest absolute Gasteiger partial charge is 0.398 e. The number of hydrogen-bond donors (Lipinski definition) is 1. The molecule has 0 saturated heterocycles. The van der Waals surface area contributed by atoms with E-state index in [0.29, 0.717) is 11.8 Å². The molecule has 0 bridgehead atoms. The molecular weight excluding hydrogens is 165 g/mol. The maximum Gasteiger partial charge on any atom is 0.398 e. The third kappa shape index (κ3) is 7.84. The van der Waals surface area contributed by atoms with Gasteiger partial charge in [-0.15, -0.1) is 11.8 Å². The van der Waals surface area contributed by atoms with E-state index in [1.165, 1.54) is 11.5 Å². The van der Waals surface area contributed by atoms with E-state index in [1.807, 2.05) is 0 Å². The molecule has 0 amide bonds. The monoisotopic (exact) mass is 172 g/mol. The lowest BCUT2D eigenvalue weighted by molar-refractivity contribution is -0.105. The molecule has 0 rings (SSSR count). The minimum Gasteiger partial charge on any atom is -0.392 e. The molecule has 1 nitrogen and oxygen atoms in total. The Balaban J connectivity index is 3.28. The van der Waals surface area contributed by atoms with E-state index < -0.39 is 11.9 Å². The zero-order valence-corrected chi connectivity index (χ0v) is 5.87. The molecule has 0 unspecified atom stereocenters. The number of thioether (sulfide) groups is 1. The summed E-state index contributed by atoms with van der Waals surface area (Å²) in [4.78, 5) is 0. The molecule has 1 N–H and O–H groups in total. The van der Waals surface area contributed by atoms with E-state index >= 15 is 0 Å². The second-order valence-electron chi connectivity index (χ2n) is 1.48. The number of alkyl halides is 3. The summed E-state index contributed by atoms with van der Waals surface area (Å²) < 4.78 is 34.1. The summed E-state index contributed by atoms with van der Waals surface area (Å²) in [7, 11) is 0. The average Bonchev–Trinajstić information content (AvgIpc) is 1.78. The highest BCUT2D eigenvalue weighted by molar-refractivity contribution is 8.02. The van der Waals surface area contributed by atoms with Crippen molar-refractivity contribution in [2.75, 3.05) is 12.4 Å². The number of rotatable bonds is 3. The van der Waals surface area contributed by atoms with Gasteiger partial charge < -0.3 is 5.11 Å². The fraction of sp³-hybridized carbons (Fsp3) is 0.600. The van der Waals surface area contributed by atoms with Crippen molar-refractivity contribution in [3.63, 3.8) is 0 Å². The Labute approximate surface area is 60.9 Å². The molecule has 0 spiro atoms. The van der Waals surface area contributed by atoms with Gasteiger partial charge in [0.05, 0.1) is 12.4 Å². The summed E-state index contributed by atoms with van der Waals surface area (Å²) in [5.74, 6) is -0.899. The standard InChI is InChI=1S/C5H7F3OS/c6-5(7,8)4-10-3-1-2-9/h1,3,9H,2,4H2. The predicted molar refractivity (Wildman–Crippen MR) is 34.7 cm³/mol. The van der Waals surface area contributed by atoms with Crippen LogP contribution in [-0.2, 0) is 0 Å². The quantitative estimate of drug-likeness (QED) is 0.700. The van der Waals surface area contributed by atoms with Gasteiger partial charge in [0.1, 0.15) is 0 Å². The van der Waals surface area contributed by atoms with Gasteiger partial charge in [0.15, 0.2) is 0 Å². The molecule has 0 heterocycles. The van der Waals surface area contributed by atoms with Crippen molar-refractivity contribution < 1.29 is 18.3 Å². The Kier molecular flexibility index (Phi) is 4.55. The SMILES string of the molecule is OCC=CSCC(F)(F)F. The number of halogens is 3. The molecule has 0 aromatic carbocycles. The van der Waals surface area contributed by atoms with Gasteiger partial charge in [-0.25, -0.2) is 0 Å². The second kappa shape index (κ2) is 4.62. The molecule has 0 radical (unpaired) electrons. The zero-order chi connectivity index (χ0) is 8.04. The zero-order valence-electron chi connectivity index (χ0n) is 5.06. The van der Waals surface area contributed by atoms with Gasteiger partial charge in [0.25, 0.3) is 0 Å². The molecule has 0 aromatic heterocycles. The maximum atomic E-state index is 11.4. The summed E-state index contributed by atoms with van der Waals surface area (Å²) in [6.45, 7) is -0.217. The van der Waals surface area contributed by atoms with Crippen molar-refractivity contribution in [1.29, 1.82) is 0 Å². The molecule has 0 aromatic rings. The highest BCUT2D eigenvalue weighted by Gasteiger charge is 2.25. The third-order valence-electron chi connectivity index (χ3n) is 0.545. The van der Waals surface area contributed by atoms with E-state index in [2.05, 4.69) is 0 Å². The Morgan fingerprint density at radius 2 is 2.00 bits per heavy atom. The second-order valence-corrected chi connectivity index (χ2v) is 2.37. The highest BCUT2D eigenvalue weighted by atomic mass is 32.2.